The molecule has 0 fully saturated rings. The molecule has 1 aromatic heterocycles. The van der Waals surface area contributed by atoms with Crippen molar-refractivity contribution in [2.75, 3.05) is 13.7 Å². The monoisotopic (exact) mass is 675 g/mol. The predicted molar refractivity (Wildman–Crippen MR) is 164 cm³/mol. The highest BCUT2D eigenvalue weighted by atomic mass is 19.4. The van der Waals surface area contributed by atoms with Crippen LogP contribution in [0.3, 0.4) is 0 Å². The number of carboxylic acid groups (broad SMARTS) is 1. The molecular formula is C32H36F3N5O8. The third-order valence-electron chi connectivity index (χ3n) is 7.05. The van der Waals surface area contributed by atoms with Crippen molar-refractivity contribution in [2.24, 2.45) is 5.92 Å². The van der Waals surface area contributed by atoms with Gasteiger partial charge in [-0.1, -0.05) is 62.4 Å². The van der Waals surface area contributed by atoms with Crippen LogP contribution >= 0.6 is 0 Å². The number of carbonyl (C=O) groups is 5. The smallest absolute Gasteiger partial charge is 0.435 e. The quantitative estimate of drug-likeness (QED) is 0.218. The van der Waals surface area contributed by atoms with Crippen LogP contribution in [0.2, 0.25) is 0 Å². The highest BCUT2D eigenvalue weighted by molar-refractivity contribution is 5.96. The summed E-state index contributed by atoms with van der Waals surface area (Å²) in [4.78, 5) is 64.4. The van der Waals surface area contributed by atoms with Gasteiger partial charge in [0.05, 0.1) is 12.1 Å². The fraction of sp³-hybridized carbons (Fsp3) is 0.375. The summed E-state index contributed by atoms with van der Waals surface area (Å²) in [7, 11) is 1.14. The van der Waals surface area contributed by atoms with E-state index in [2.05, 4.69) is 15.7 Å². The lowest BCUT2D eigenvalue weighted by atomic mass is 10.0. The third-order valence-corrected chi connectivity index (χ3v) is 7.05. The lowest BCUT2D eigenvalue weighted by Crippen LogP contribution is -2.56. The van der Waals surface area contributed by atoms with E-state index in [0.29, 0.717) is 6.07 Å². The first-order valence-corrected chi connectivity index (χ1v) is 14.7. The normalized spacial score (nSPS) is 13.2. The summed E-state index contributed by atoms with van der Waals surface area (Å²) in [6, 6.07) is 13.1. The van der Waals surface area contributed by atoms with Crippen molar-refractivity contribution in [3.05, 3.63) is 78.0 Å². The minimum atomic E-state index is -4.83. The zero-order valence-electron chi connectivity index (χ0n) is 26.6. The van der Waals surface area contributed by atoms with Gasteiger partial charge in [0.2, 0.25) is 17.7 Å². The zero-order valence-corrected chi connectivity index (χ0v) is 26.6. The third kappa shape index (κ3) is 10.3. The Morgan fingerprint density at radius 1 is 0.958 bits per heavy atom. The minimum absolute atomic E-state index is 0.0421. The van der Waals surface area contributed by atoms with E-state index in [1.165, 1.54) is 19.1 Å². The number of benzene rings is 2. The van der Waals surface area contributed by atoms with Crippen LogP contribution in [0.5, 0.6) is 5.88 Å². The number of Topliss-reactive ketones (excluding diaryl/α,β-unsaturated/α-hetero) is 1. The maximum Gasteiger partial charge on any atom is 0.435 e. The van der Waals surface area contributed by atoms with Gasteiger partial charge in [-0.2, -0.15) is 18.3 Å². The Labute approximate surface area is 274 Å². The first-order chi connectivity index (χ1) is 22.6. The van der Waals surface area contributed by atoms with E-state index < -0.39 is 84.5 Å². The van der Waals surface area contributed by atoms with Gasteiger partial charge >= 0.3 is 18.2 Å². The van der Waals surface area contributed by atoms with Crippen molar-refractivity contribution in [3.63, 3.8) is 0 Å². The first-order valence-electron chi connectivity index (χ1n) is 14.7. The van der Waals surface area contributed by atoms with Crippen LogP contribution < -0.4 is 15.4 Å². The van der Waals surface area contributed by atoms with Gasteiger partial charge in [-0.05, 0) is 30.5 Å². The van der Waals surface area contributed by atoms with Crippen LogP contribution in [0, 0.1) is 5.92 Å². The van der Waals surface area contributed by atoms with Gasteiger partial charge in [-0.3, -0.25) is 19.2 Å². The number of aliphatic carboxylic acids is 1. The average Bonchev–Trinajstić information content (AvgIpc) is 3.49. The Bertz CT molecular complexity index is 1580. The molecule has 3 rings (SSSR count). The van der Waals surface area contributed by atoms with E-state index in [9.17, 15) is 42.3 Å². The van der Waals surface area contributed by atoms with Crippen LogP contribution in [0.1, 0.15) is 38.4 Å². The maximum absolute atomic E-state index is 13.4. The molecule has 258 valence electrons. The van der Waals surface area contributed by atoms with E-state index in [4.69, 9.17) is 9.47 Å². The molecule has 0 aliphatic carbocycles. The molecular weight excluding hydrogens is 639 g/mol. The predicted octanol–water partition coefficient (Wildman–Crippen LogP) is 3.60. The molecule has 3 aromatic rings. The van der Waals surface area contributed by atoms with Crippen LogP contribution in [0.15, 0.2) is 66.7 Å². The van der Waals surface area contributed by atoms with Crippen molar-refractivity contribution in [2.45, 2.75) is 58.1 Å². The number of likely N-dealkylation sites (N-methyl/N-ethyl adjacent to an activating group) is 1. The lowest BCUT2D eigenvalue weighted by molar-refractivity contribution is -0.147. The molecule has 0 saturated heterocycles. The molecule has 2 aromatic carbocycles. The van der Waals surface area contributed by atoms with Gasteiger partial charge in [-0.15, -0.1) is 0 Å². The Kier molecular flexibility index (Phi) is 12.7. The number of aromatic nitrogens is 2. The number of carbonyl (C=O) groups excluding carboxylic acids is 4. The average molecular weight is 676 g/mol. The molecule has 0 saturated carbocycles. The number of hydrogen-bond donors (Lipinski definition) is 3. The lowest BCUT2D eigenvalue weighted by Gasteiger charge is -2.30. The molecule has 0 aliphatic heterocycles. The van der Waals surface area contributed by atoms with Crippen LogP contribution in [-0.4, -0.2) is 81.2 Å². The molecule has 0 bridgehead atoms. The van der Waals surface area contributed by atoms with Crippen molar-refractivity contribution in [1.82, 2.24) is 25.3 Å². The maximum atomic E-state index is 13.4. The molecule has 1 heterocycles. The summed E-state index contributed by atoms with van der Waals surface area (Å²) in [5.41, 5.74) is -0.358. The van der Waals surface area contributed by atoms with E-state index in [1.807, 2.05) is 0 Å². The number of nitrogens with one attached hydrogen (secondary N) is 2. The van der Waals surface area contributed by atoms with Crippen LogP contribution in [0.25, 0.3) is 5.69 Å². The van der Waals surface area contributed by atoms with E-state index >= 15 is 0 Å². The summed E-state index contributed by atoms with van der Waals surface area (Å²) in [5.74, 6) is -4.86. The Morgan fingerprint density at radius 3 is 2.12 bits per heavy atom. The Balaban J connectivity index is 1.68. The fourth-order valence-electron chi connectivity index (χ4n) is 4.48. The largest absolute Gasteiger partial charge is 0.481 e. The van der Waals surface area contributed by atoms with Crippen molar-refractivity contribution in [3.8, 4) is 11.6 Å². The number of carboxylic acids is 1. The molecule has 3 N–H and O–H groups in total. The van der Waals surface area contributed by atoms with Crippen molar-refractivity contribution >= 4 is 29.7 Å². The highest BCUT2D eigenvalue weighted by Crippen LogP contribution is 2.32. The Morgan fingerprint density at radius 2 is 1.56 bits per heavy atom. The van der Waals surface area contributed by atoms with Gasteiger partial charge in [0.1, 0.15) is 24.7 Å². The standard InChI is InChI=1S/C32H36F3N5O8/c1-19(2)28(37-31(46)48-17-21-11-7-5-8-12-21)29(44)36-20(3)30(45)39(4)23(15-27(42)43)24(41)18-47-26-16-25(32(33,34)35)38-40(26)22-13-9-6-10-14-22/h5-14,16,19-20,23,28H,15,17-18H2,1-4H3,(H,36,44)(H,37,46)(H,42,43)/t20-,23-,28-/m0/s1. The molecule has 0 radical (unpaired) electrons. The molecule has 13 nitrogen and oxygen atoms in total. The van der Waals surface area contributed by atoms with Gasteiger partial charge < -0.3 is 30.1 Å². The molecule has 0 unspecified atom stereocenters. The van der Waals surface area contributed by atoms with Crippen LogP contribution in [-0.2, 0) is 36.7 Å². The van der Waals surface area contributed by atoms with Gasteiger partial charge in [-0.25, -0.2) is 9.48 Å². The zero-order chi connectivity index (χ0) is 35.6. The first kappa shape index (κ1) is 37.1. The molecule has 16 heteroatoms. The highest BCUT2D eigenvalue weighted by Gasteiger charge is 2.37. The number of hydrogen-bond acceptors (Lipinski definition) is 8. The Hall–Kier alpha value is -5.41. The SMILES string of the molecule is CC(C)[C@H](NC(=O)OCc1ccccc1)C(=O)N[C@@H](C)C(=O)N(C)[C@@H](CC(=O)O)C(=O)COc1cc(C(F)(F)F)nn1-c1ccccc1. The minimum Gasteiger partial charge on any atom is -0.481 e. The topological polar surface area (TPSA) is 169 Å². The summed E-state index contributed by atoms with van der Waals surface area (Å²) >= 11 is 0. The number of halogens is 3. The number of alkyl carbamates (subject to hydrolysis) is 1. The van der Waals surface area contributed by atoms with Gasteiger partial charge in [0.25, 0.3) is 0 Å². The number of ether oxygens (including phenoxy) is 2. The van der Waals surface area contributed by atoms with E-state index in [1.54, 1.807) is 62.4 Å². The van der Waals surface area contributed by atoms with E-state index in [-0.39, 0.29) is 12.3 Å². The van der Waals surface area contributed by atoms with Gasteiger partial charge in [0.15, 0.2) is 18.1 Å². The molecule has 0 aliphatic rings. The number of para-hydroxylation sites is 1. The second-order valence-electron chi connectivity index (χ2n) is 11.1. The summed E-state index contributed by atoms with van der Waals surface area (Å²) in [6.07, 6.45) is -6.56. The number of alkyl halides is 3. The second-order valence-corrected chi connectivity index (χ2v) is 11.1. The van der Waals surface area contributed by atoms with Crippen molar-refractivity contribution < 1.29 is 51.7 Å². The second kappa shape index (κ2) is 16.4. The summed E-state index contributed by atoms with van der Waals surface area (Å²) in [6.45, 7) is 3.67. The number of nitrogens with zero attached hydrogens (tertiary/aromatic N) is 3. The van der Waals surface area contributed by atoms with E-state index in [0.717, 1.165) is 22.2 Å². The molecule has 0 spiro atoms. The molecule has 48 heavy (non-hydrogen) atoms. The van der Waals surface area contributed by atoms with Gasteiger partial charge in [0, 0.05) is 13.1 Å². The van der Waals surface area contributed by atoms with Crippen molar-refractivity contribution in [1.29, 1.82) is 0 Å². The number of amides is 3. The summed E-state index contributed by atoms with van der Waals surface area (Å²) < 4.78 is 51.7. The summed E-state index contributed by atoms with van der Waals surface area (Å²) in [5, 5.41) is 17.9. The molecule has 3 atom stereocenters. The number of rotatable bonds is 15. The van der Waals surface area contributed by atoms with Crippen LogP contribution in [0.4, 0.5) is 18.0 Å². The number of ketones is 1. The molecule has 3 amide bonds. The fourth-order valence-corrected chi connectivity index (χ4v) is 4.48.